The van der Waals surface area contributed by atoms with E-state index in [9.17, 15) is 0 Å². The number of quaternary nitrogens is 1. The van der Waals surface area contributed by atoms with Gasteiger partial charge < -0.3 is 9.80 Å². The van der Waals surface area contributed by atoms with Gasteiger partial charge in [0.15, 0.2) is 0 Å². The summed E-state index contributed by atoms with van der Waals surface area (Å²) in [7, 11) is 8.44. The molecule has 0 aliphatic carbocycles. The van der Waals surface area contributed by atoms with Crippen LogP contribution in [0.15, 0.2) is 0 Å². The number of likely N-dealkylation sites (tertiary alicyclic amines) is 1. The first-order chi connectivity index (χ1) is 5.70. The fourth-order valence-corrected chi connectivity index (χ4v) is 1.91. The highest BCUT2D eigenvalue weighted by Crippen LogP contribution is 2.05. The number of nitrogens with zero attached hydrogens (tertiary/aromatic N) is 1. The maximum atomic E-state index is 4.16. The van der Waals surface area contributed by atoms with Crippen LogP contribution in [0.4, 0.5) is 0 Å². The fourth-order valence-electron chi connectivity index (χ4n) is 1.91. The molecule has 12 heavy (non-hydrogen) atoms. The SMILES string of the molecule is [CH2-][NH+]1CCCCC1CCN(C)C. The van der Waals surface area contributed by atoms with Gasteiger partial charge in [-0.05, 0) is 33.4 Å². The second-order valence-electron chi connectivity index (χ2n) is 4.19. The third kappa shape index (κ3) is 3.11. The van der Waals surface area contributed by atoms with Gasteiger partial charge in [-0.25, -0.2) is 0 Å². The Morgan fingerprint density at radius 1 is 1.42 bits per heavy atom. The van der Waals surface area contributed by atoms with Crippen molar-refractivity contribution >= 4 is 0 Å². The largest absolute Gasteiger partial charge is 0.465 e. The van der Waals surface area contributed by atoms with Crippen molar-refractivity contribution in [1.29, 1.82) is 0 Å². The maximum absolute atomic E-state index is 4.16. The zero-order valence-corrected chi connectivity index (χ0v) is 8.47. The van der Waals surface area contributed by atoms with Gasteiger partial charge in [0.1, 0.15) is 0 Å². The molecule has 0 aromatic carbocycles. The second kappa shape index (κ2) is 4.83. The molecule has 2 atom stereocenters. The minimum Gasteiger partial charge on any atom is -0.465 e. The van der Waals surface area contributed by atoms with Crippen LogP contribution in [-0.4, -0.2) is 38.1 Å². The molecule has 72 valence electrons. The van der Waals surface area contributed by atoms with E-state index in [0.717, 1.165) is 6.04 Å². The van der Waals surface area contributed by atoms with Crippen molar-refractivity contribution < 1.29 is 4.90 Å². The molecule has 0 spiro atoms. The molecular formula is C10H22N2. The number of hydrogen-bond acceptors (Lipinski definition) is 1. The average Bonchev–Trinajstić information content (AvgIpc) is 2.03. The molecule has 2 unspecified atom stereocenters. The Bertz CT molecular complexity index is 123. The Labute approximate surface area is 76.5 Å². The first-order valence-corrected chi connectivity index (χ1v) is 5.02. The zero-order chi connectivity index (χ0) is 8.97. The van der Waals surface area contributed by atoms with Gasteiger partial charge in [-0.15, -0.1) is 0 Å². The lowest BCUT2D eigenvalue weighted by atomic mass is 10.0. The van der Waals surface area contributed by atoms with E-state index in [2.05, 4.69) is 26.0 Å². The lowest BCUT2D eigenvalue weighted by molar-refractivity contribution is -0.887. The van der Waals surface area contributed by atoms with Crippen LogP contribution >= 0.6 is 0 Å². The van der Waals surface area contributed by atoms with Gasteiger partial charge in [0.05, 0.1) is 12.6 Å². The summed E-state index contributed by atoms with van der Waals surface area (Å²) >= 11 is 0. The van der Waals surface area contributed by atoms with Crippen molar-refractivity contribution in [2.45, 2.75) is 31.7 Å². The minimum absolute atomic E-state index is 0.821. The van der Waals surface area contributed by atoms with E-state index < -0.39 is 0 Å². The molecule has 1 saturated heterocycles. The van der Waals surface area contributed by atoms with Crippen molar-refractivity contribution in [3.8, 4) is 0 Å². The van der Waals surface area contributed by atoms with E-state index in [0.29, 0.717) is 0 Å². The van der Waals surface area contributed by atoms with Crippen LogP contribution in [-0.2, 0) is 0 Å². The van der Waals surface area contributed by atoms with E-state index in [-0.39, 0.29) is 0 Å². The molecular weight excluding hydrogens is 148 g/mol. The molecule has 1 aliphatic heterocycles. The third-order valence-corrected chi connectivity index (χ3v) is 2.80. The molecule has 0 aromatic rings. The molecule has 1 rings (SSSR count). The molecule has 2 nitrogen and oxygen atoms in total. The molecule has 2 heteroatoms. The quantitative estimate of drug-likeness (QED) is 0.593. The van der Waals surface area contributed by atoms with Gasteiger partial charge in [-0.2, -0.15) is 7.05 Å². The molecule has 0 aromatic heterocycles. The van der Waals surface area contributed by atoms with Crippen LogP contribution in [0.2, 0.25) is 0 Å². The summed E-state index contributed by atoms with van der Waals surface area (Å²) in [6, 6.07) is 0.821. The fraction of sp³-hybridized carbons (Fsp3) is 0.900. The lowest BCUT2D eigenvalue weighted by Gasteiger charge is -2.35. The Morgan fingerprint density at radius 2 is 2.17 bits per heavy atom. The van der Waals surface area contributed by atoms with Crippen molar-refractivity contribution in [2.24, 2.45) is 0 Å². The van der Waals surface area contributed by atoms with Gasteiger partial charge in [-0.1, -0.05) is 0 Å². The Hall–Kier alpha value is -0.0800. The minimum atomic E-state index is 0.821. The molecule has 0 saturated carbocycles. The van der Waals surface area contributed by atoms with Crippen LogP contribution in [0.5, 0.6) is 0 Å². The average molecular weight is 170 g/mol. The molecule has 1 heterocycles. The molecule has 0 bridgehead atoms. The summed E-state index contributed by atoms with van der Waals surface area (Å²) in [6.45, 7) is 2.49. The lowest BCUT2D eigenvalue weighted by Crippen LogP contribution is -3.11. The predicted molar refractivity (Wildman–Crippen MR) is 52.0 cm³/mol. The summed E-state index contributed by atoms with van der Waals surface area (Å²) in [4.78, 5) is 3.77. The number of hydrogen-bond donors (Lipinski definition) is 1. The van der Waals surface area contributed by atoms with Crippen LogP contribution in [0.25, 0.3) is 0 Å². The van der Waals surface area contributed by atoms with Gasteiger partial charge in [-0.3, -0.25) is 0 Å². The molecule has 0 radical (unpaired) electrons. The van der Waals surface area contributed by atoms with E-state index in [4.69, 9.17) is 0 Å². The monoisotopic (exact) mass is 170 g/mol. The Balaban J connectivity index is 2.20. The van der Waals surface area contributed by atoms with Gasteiger partial charge in [0, 0.05) is 13.0 Å². The Morgan fingerprint density at radius 3 is 2.75 bits per heavy atom. The summed E-state index contributed by atoms with van der Waals surface area (Å²) in [5, 5.41) is 0. The van der Waals surface area contributed by atoms with Gasteiger partial charge in [0.25, 0.3) is 0 Å². The third-order valence-electron chi connectivity index (χ3n) is 2.80. The summed E-state index contributed by atoms with van der Waals surface area (Å²) < 4.78 is 0. The van der Waals surface area contributed by atoms with E-state index in [1.165, 1.54) is 43.7 Å². The zero-order valence-electron chi connectivity index (χ0n) is 8.47. The number of rotatable bonds is 3. The van der Waals surface area contributed by atoms with Gasteiger partial charge in [0.2, 0.25) is 0 Å². The van der Waals surface area contributed by atoms with Crippen molar-refractivity contribution in [2.75, 3.05) is 27.2 Å². The second-order valence-corrected chi connectivity index (χ2v) is 4.19. The molecule has 0 amide bonds. The molecule has 1 aliphatic rings. The summed E-state index contributed by atoms with van der Waals surface area (Å²) in [6.07, 6.45) is 5.48. The van der Waals surface area contributed by atoms with E-state index in [1.54, 1.807) is 0 Å². The van der Waals surface area contributed by atoms with Crippen LogP contribution in [0.1, 0.15) is 25.7 Å². The summed E-state index contributed by atoms with van der Waals surface area (Å²) in [5.74, 6) is 0. The van der Waals surface area contributed by atoms with Crippen LogP contribution < -0.4 is 4.90 Å². The highest BCUT2D eigenvalue weighted by atomic mass is 15.1. The normalized spacial score (nSPS) is 31.0. The number of piperidine rings is 1. The van der Waals surface area contributed by atoms with Crippen molar-refractivity contribution in [3.63, 3.8) is 0 Å². The van der Waals surface area contributed by atoms with E-state index >= 15 is 0 Å². The van der Waals surface area contributed by atoms with Crippen molar-refractivity contribution in [3.05, 3.63) is 7.05 Å². The molecule has 1 fully saturated rings. The van der Waals surface area contributed by atoms with Crippen LogP contribution in [0.3, 0.4) is 0 Å². The van der Waals surface area contributed by atoms with Crippen LogP contribution in [0, 0.1) is 7.05 Å². The predicted octanol–water partition coefficient (Wildman–Crippen LogP) is 0.167. The Kier molecular flexibility index (Phi) is 4.02. The smallest absolute Gasteiger partial charge is 0.0647 e. The number of nitrogens with one attached hydrogen (secondary N) is 1. The highest BCUT2D eigenvalue weighted by molar-refractivity contribution is 4.62. The summed E-state index contributed by atoms with van der Waals surface area (Å²) in [5.41, 5.74) is 0. The van der Waals surface area contributed by atoms with E-state index in [1.807, 2.05) is 0 Å². The standard InChI is InChI=1S/C10H22N2/c1-11(2)9-7-10-6-4-5-8-12(10)3/h10,12H,3-9H2,1-2H3. The highest BCUT2D eigenvalue weighted by Gasteiger charge is 2.18. The van der Waals surface area contributed by atoms with Crippen molar-refractivity contribution in [1.82, 2.24) is 4.90 Å². The first kappa shape index (κ1) is 10.0. The maximum Gasteiger partial charge on any atom is 0.0647 e. The topological polar surface area (TPSA) is 7.68 Å². The van der Waals surface area contributed by atoms with Gasteiger partial charge >= 0.3 is 0 Å². The molecule has 1 N–H and O–H groups in total. The first-order valence-electron chi connectivity index (χ1n) is 5.02.